The number of rotatable bonds is 3. The molecule has 0 spiro atoms. The molecule has 96 valence electrons. The van der Waals surface area contributed by atoms with Crippen molar-refractivity contribution in [1.29, 1.82) is 5.26 Å². The first-order valence-electron chi connectivity index (χ1n) is 6.35. The minimum Gasteiger partial charge on any atom is -0.344 e. The molecule has 0 aromatic heterocycles. The summed E-state index contributed by atoms with van der Waals surface area (Å²) in [6, 6.07) is 2.26. The minimum absolute atomic E-state index is 0.0940. The smallest absolute Gasteiger partial charge is 0.240 e. The van der Waals surface area contributed by atoms with E-state index in [1.807, 2.05) is 7.05 Å². The highest BCUT2D eigenvalue weighted by Crippen LogP contribution is 2.20. The third kappa shape index (κ3) is 3.44. The molecular weight excluding hydrogens is 214 g/mol. The molecule has 1 heterocycles. The molecule has 1 fully saturated rings. The summed E-state index contributed by atoms with van der Waals surface area (Å²) >= 11 is 0. The maximum atomic E-state index is 12.2. The molecule has 4 heteroatoms. The van der Waals surface area contributed by atoms with E-state index in [1.165, 1.54) is 0 Å². The van der Waals surface area contributed by atoms with Crippen molar-refractivity contribution < 1.29 is 4.79 Å². The molecule has 1 saturated heterocycles. The molecular formula is C13H23N3O. The molecule has 1 aliphatic heterocycles. The molecule has 0 saturated carbocycles. The number of likely N-dealkylation sites (N-methyl/N-ethyl adjacent to an activating group) is 1. The first-order valence-corrected chi connectivity index (χ1v) is 6.35. The van der Waals surface area contributed by atoms with Crippen LogP contribution in [0.1, 0.15) is 33.6 Å². The quantitative estimate of drug-likeness (QED) is 0.747. The van der Waals surface area contributed by atoms with Crippen LogP contribution in [0.2, 0.25) is 0 Å². The van der Waals surface area contributed by atoms with Crippen molar-refractivity contribution in [3.63, 3.8) is 0 Å². The SMILES string of the molecule is CC(C)CN1C(C)CCN(C)C(=O)C1CC#N. The van der Waals surface area contributed by atoms with Gasteiger partial charge >= 0.3 is 0 Å². The average molecular weight is 237 g/mol. The van der Waals surface area contributed by atoms with Crippen LogP contribution in [0, 0.1) is 17.2 Å². The summed E-state index contributed by atoms with van der Waals surface area (Å²) in [4.78, 5) is 16.2. The second kappa shape index (κ2) is 6.02. The predicted octanol–water partition coefficient (Wildman–Crippen LogP) is 1.48. The summed E-state index contributed by atoms with van der Waals surface area (Å²) in [5.74, 6) is 0.603. The maximum absolute atomic E-state index is 12.2. The lowest BCUT2D eigenvalue weighted by Crippen LogP contribution is -2.48. The second-order valence-electron chi connectivity index (χ2n) is 5.37. The molecule has 2 unspecified atom stereocenters. The zero-order valence-electron chi connectivity index (χ0n) is 11.3. The minimum atomic E-state index is -0.259. The van der Waals surface area contributed by atoms with Gasteiger partial charge in [-0.3, -0.25) is 9.69 Å². The van der Waals surface area contributed by atoms with E-state index in [9.17, 15) is 4.79 Å². The number of nitrogens with zero attached hydrogens (tertiary/aromatic N) is 3. The molecule has 4 nitrogen and oxygen atoms in total. The Balaban J connectivity index is 2.92. The van der Waals surface area contributed by atoms with E-state index < -0.39 is 0 Å². The van der Waals surface area contributed by atoms with Crippen LogP contribution in [0.5, 0.6) is 0 Å². The van der Waals surface area contributed by atoms with Crippen molar-refractivity contribution in [2.45, 2.75) is 45.7 Å². The van der Waals surface area contributed by atoms with E-state index in [0.29, 0.717) is 18.4 Å². The Morgan fingerprint density at radius 3 is 2.71 bits per heavy atom. The van der Waals surface area contributed by atoms with E-state index in [-0.39, 0.29) is 11.9 Å². The van der Waals surface area contributed by atoms with Gasteiger partial charge in [-0.1, -0.05) is 13.8 Å². The fraction of sp³-hybridized carbons (Fsp3) is 0.846. The van der Waals surface area contributed by atoms with Gasteiger partial charge in [-0.05, 0) is 19.3 Å². The van der Waals surface area contributed by atoms with Crippen LogP contribution in [0.15, 0.2) is 0 Å². The molecule has 0 aromatic rings. The van der Waals surface area contributed by atoms with E-state index in [0.717, 1.165) is 19.5 Å². The zero-order valence-corrected chi connectivity index (χ0v) is 11.3. The molecule has 17 heavy (non-hydrogen) atoms. The third-order valence-electron chi connectivity index (χ3n) is 3.37. The molecule has 0 aliphatic carbocycles. The third-order valence-corrected chi connectivity index (χ3v) is 3.37. The number of nitriles is 1. The van der Waals surface area contributed by atoms with Crippen molar-refractivity contribution in [1.82, 2.24) is 9.80 Å². The van der Waals surface area contributed by atoms with E-state index in [2.05, 4.69) is 31.7 Å². The van der Waals surface area contributed by atoms with Crippen molar-refractivity contribution in [3.05, 3.63) is 0 Å². The normalized spacial score (nSPS) is 27.1. The van der Waals surface area contributed by atoms with Crippen molar-refractivity contribution in [3.8, 4) is 6.07 Å². The van der Waals surface area contributed by atoms with Crippen LogP contribution >= 0.6 is 0 Å². The maximum Gasteiger partial charge on any atom is 0.240 e. The van der Waals surface area contributed by atoms with E-state index >= 15 is 0 Å². The molecule has 1 amide bonds. The molecule has 2 atom stereocenters. The molecule has 0 N–H and O–H groups in total. The van der Waals surface area contributed by atoms with Crippen molar-refractivity contribution in [2.24, 2.45) is 5.92 Å². The van der Waals surface area contributed by atoms with Gasteiger partial charge in [0, 0.05) is 26.2 Å². The largest absolute Gasteiger partial charge is 0.344 e. The lowest BCUT2D eigenvalue weighted by atomic mass is 10.1. The number of carbonyl (C=O) groups is 1. The summed E-state index contributed by atoms with van der Waals surface area (Å²) in [7, 11) is 1.83. The number of hydrogen-bond acceptors (Lipinski definition) is 3. The topological polar surface area (TPSA) is 47.3 Å². The first kappa shape index (κ1) is 14.0. The lowest BCUT2D eigenvalue weighted by molar-refractivity contribution is -0.134. The van der Waals surface area contributed by atoms with Crippen LogP contribution in [-0.2, 0) is 4.79 Å². The van der Waals surface area contributed by atoms with Crippen molar-refractivity contribution in [2.75, 3.05) is 20.1 Å². The summed E-state index contributed by atoms with van der Waals surface area (Å²) in [5.41, 5.74) is 0. The fourth-order valence-electron chi connectivity index (χ4n) is 2.38. The number of hydrogen-bond donors (Lipinski definition) is 0. The molecule has 0 bridgehead atoms. The molecule has 0 radical (unpaired) electrons. The lowest BCUT2D eigenvalue weighted by Gasteiger charge is -2.33. The highest BCUT2D eigenvalue weighted by Gasteiger charge is 2.34. The van der Waals surface area contributed by atoms with Crippen LogP contribution in [0.4, 0.5) is 0 Å². The van der Waals surface area contributed by atoms with Crippen molar-refractivity contribution >= 4 is 5.91 Å². The second-order valence-corrected chi connectivity index (χ2v) is 5.37. The van der Waals surface area contributed by atoms with Crippen LogP contribution < -0.4 is 0 Å². The Morgan fingerprint density at radius 2 is 2.18 bits per heavy atom. The summed E-state index contributed by atoms with van der Waals surface area (Å²) in [6.45, 7) is 8.12. The number of carbonyl (C=O) groups excluding carboxylic acids is 1. The van der Waals surface area contributed by atoms with Crippen LogP contribution in [0.25, 0.3) is 0 Å². The van der Waals surface area contributed by atoms with Gasteiger partial charge in [-0.25, -0.2) is 0 Å². The Labute approximate surface area is 104 Å². The van der Waals surface area contributed by atoms with Crippen LogP contribution in [0.3, 0.4) is 0 Å². The Kier molecular flexibility index (Phi) is 4.95. The van der Waals surface area contributed by atoms with E-state index in [1.54, 1.807) is 4.90 Å². The Bertz CT molecular complexity index is 308. The molecule has 1 aliphatic rings. The standard InChI is InChI=1S/C13H23N3O/c1-10(2)9-16-11(3)6-8-15(4)13(17)12(16)5-7-14/h10-12H,5-6,8-9H2,1-4H3. The van der Waals surface area contributed by atoms with Gasteiger partial charge in [0.2, 0.25) is 5.91 Å². The molecule has 0 aromatic carbocycles. The highest BCUT2D eigenvalue weighted by molar-refractivity contribution is 5.82. The van der Waals surface area contributed by atoms with Gasteiger partial charge in [0.1, 0.15) is 6.04 Å². The van der Waals surface area contributed by atoms with E-state index in [4.69, 9.17) is 5.26 Å². The first-order chi connectivity index (χ1) is 7.97. The number of amides is 1. The fourth-order valence-corrected chi connectivity index (χ4v) is 2.38. The van der Waals surface area contributed by atoms with Gasteiger partial charge in [0.15, 0.2) is 0 Å². The predicted molar refractivity (Wildman–Crippen MR) is 67.3 cm³/mol. The zero-order chi connectivity index (χ0) is 13.0. The van der Waals surface area contributed by atoms with Gasteiger partial charge < -0.3 is 4.90 Å². The highest BCUT2D eigenvalue weighted by atomic mass is 16.2. The van der Waals surface area contributed by atoms with Gasteiger partial charge in [-0.15, -0.1) is 0 Å². The van der Waals surface area contributed by atoms with Gasteiger partial charge in [-0.2, -0.15) is 5.26 Å². The monoisotopic (exact) mass is 237 g/mol. The Morgan fingerprint density at radius 1 is 1.53 bits per heavy atom. The molecule has 1 rings (SSSR count). The summed E-state index contributed by atoms with van der Waals surface area (Å²) < 4.78 is 0. The van der Waals surface area contributed by atoms with Crippen LogP contribution in [-0.4, -0.2) is 47.9 Å². The summed E-state index contributed by atoms with van der Waals surface area (Å²) in [6.07, 6.45) is 1.27. The Hall–Kier alpha value is -1.08. The van der Waals surface area contributed by atoms with Gasteiger partial charge in [0.05, 0.1) is 12.5 Å². The average Bonchev–Trinajstić information content (AvgIpc) is 2.35. The van der Waals surface area contributed by atoms with Gasteiger partial charge in [0.25, 0.3) is 0 Å². The summed E-state index contributed by atoms with van der Waals surface area (Å²) in [5, 5.41) is 8.91.